The molecule has 0 saturated heterocycles. The number of fused-ring (bicyclic) bond motifs is 1. The minimum Gasteiger partial charge on any atom is -0.493 e. The monoisotopic (exact) mass is 435 g/mol. The molecule has 0 fully saturated rings. The van der Waals surface area contributed by atoms with Gasteiger partial charge in [-0.15, -0.1) is 10.2 Å². The Morgan fingerprint density at radius 1 is 1.16 bits per heavy atom. The Bertz CT molecular complexity index is 1330. The van der Waals surface area contributed by atoms with Gasteiger partial charge in [0.2, 0.25) is 5.65 Å². The summed E-state index contributed by atoms with van der Waals surface area (Å²) in [4.78, 5) is 30.7. The van der Waals surface area contributed by atoms with Gasteiger partial charge in [0.1, 0.15) is 11.6 Å². The molecule has 0 radical (unpaired) electrons. The number of carbonyl (C=O) groups is 1. The van der Waals surface area contributed by atoms with E-state index >= 15 is 0 Å². The molecule has 0 bridgehead atoms. The van der Waals surface area contributed by atoms with E-state index < -0.39 is 17.6 Å². The molecule has 164 valence electrons. The number of nitrogens with one attached hydrogen (secondary N) is 2. The van der Waals surface area contributed by atoms with Gasteiger partial charge in [-0.1, -0.05) is 30.3 Å². The molecule has 1 unspecified atom stereocenters. The number of aromatic amines is 2. The predicted octanol–water partition coefficient (Wildman–Crippen LogP) is 2.42. The van der Waals surface area contributed by atoms with Crippen molar-refractivity contribution >= 4 is 17.1 Å². The molecular formula is C22H21N5O5. The van der Waals surface area contributed by atoms with Gasteiger partial charge in [-0.25, -0.2) is 9.78 Å². The summed E-state index contributed by atoms with van der Waals surface area (Å²) >= 11 is 0. The van der Waals surface area contributed by atoms with E-state index in [-0.39, 0.29) is 17.6 Å². The van der Waals surface area contributed by atoms with Crippen molar-refractivity contribution in [2.24, 2.45) is 0 Å². The molecule has 2 aromatic carbocycles. The van der Waals surface area contributed by atoms with E-state index in [9.17, 15) is 14.7 Å². The summed E-state index contributed by atoms with van der Waals surface area (Å²) in [7, 11) is 1.38. The van der Waals surface area contributed by atoms with Crippen molar-refractivity contribution in [3.63, 3.8) is 0 Å². The van der Waals surface area contributed by atoms with Crippen LogP contribution in [0.1, 0.15) is 12.5 Å². The normalized spacial score (nSPS) is 12.1. The van der Waals surface area contributed by atoms with Crippen LogP contribution in [0.5, 0.6) is 5.75 Å². The Balaban J connectivity index is 1.72. The number of carboxylic acids is 1. The summed E-state index contributed by atoms with van der Waals surface area (Å²) in [6, 6.07) is 13.1. The lowest BCUT2D eigenvalue weighted by atomic mass is 9.98. The number of ether oxygens (including phenoxy) is 2. The van der Waals surface area contributed by atoms with Crippen LogP contribution in [-0.4, -0.2) is 56.3 Å². The summed E-state index contributed by atoms with van der Waals surface area (Å²) < 4.78 is 10.9. The van der Waals surface area contributed by atoms with E-state index in [1.54, 1.807) is 0 Å². The molecule has 2 aromatic heterocycles. The van der Waals surface area contributed by atoms with Crippen molar-refractivity contribution in [1.29, 1.82) is 0 Å². The lowest BCUT2D eigenvalue weighted by Gasteiger charge is -2.14. The van der Waals surface area contributed by atoms with Crippen LogP contribution in [-0.2, 0) is 16.0 Å². The molecule has 0 aliphatic carbocycles. The fourth-order valence-electron chi connectivity index (χ4n) is 3.42. The molecule has 32 heavy (non-hydrogen) atoms. The molecule has 0 aliphatic rings. The first-order valence-corrected chi connectivity index (χ1v) is 9.93. The van der Waals surface area contributed by atoms with E-state index in [0.29, 0.717) is 23.7 Å². The summed E-state index contributed by atoms with van der Waals surface area (Å²) in [5.41, 5.74) is 3.16. The maximum atomic E-state index is 12.3. The van der Waals surface area contributed by atoms with E-state index in [4.69, 9.17) is 9.47 Å². The highest BCUT2D eigenvalue weighted by molar-refractivity contribution is 5.77. The zero-order valence-electron chi connectivity index (χ0n) is 17.5. The van der Waals surface area contributed by atoms with E-state index in [0.717, 1.165) is 16.7 Å². The van der Waals surface area contributed by atoms with Gasteiger partial charge in [-0.2, -0.15) is 5.21 Å². The zero-order chi connectivity index (χ0) is 22.7. The van der Waals surface area contributed by atoms with E-state index in [1.165, 1.54) is 7.11 Å². The summed E-state index contributed by atoms with van der Waals surface area (Å²) in [5.74, 6) is -0.141. The predicted molar refractivity (Wildman–Crippen MR) is 116 cm³/mol. The number of aromatic nitrogens is 5. The highest BCUT2D eigenvalue weighted by Gasteiger charge is 2.18. The van der Waals surface area contributed by atoms with Crippen LogP contribution in [0.15, 0.2) is 47.3 Å². The number of benzene rings is 2. The van der Waals surface area contributed by atoms with Crippen molar-refractivity contribution in [2.75, 3.05) is 13.7 Å². The molecule has 0 amide bonds. The second-order valence-corrected chi connectivity index (χ2v) is 7.02. The standard InChI is InChI=1S/C22H21N5O5/c1-3-32-16-11-14(13-6-4-5-12(9-13)10-17(31-2)22(29)30)7-8-15(16)19-23-20-18(21(28)24-19)25-27-26-20/h4-9,11,17H,3,10H2,1-2H3,(H,29,30)(H2,23,24,25,26,27,28). The maximum Gasteiger partial charge on any atom is 0.333 e. The summed E-state index contributed by atoms with van der Waals surface area (Å²) in [5, 5.41) is 19.3. The first-order chi connectivity index (χ1) is 15.5. The van der Waals surface area contributed by atoms with Crippen molar-refractivity contribution in [3.05, 3.63) is 58.4 Å². The van der Waals surface area contributed by atoms with Crippen LogP contribution in [0.2, 0.25) is 0 Å². The Kier molecular flexibility index (Phi) is 5.95. The summed E-state index contributed by atoms with van der Waals surface area (Å²) in [6.45, 7) is 2.28. The highest BCUT2D eigenvalue weighted by atomic mass is 16.5. The lowest BCUT2D eigenvalue weighted by molar-refractivity contribution is -0.148. The number of methoxy groups -OCH3 is 1. The van der Waals surface area contributed by atoms with Crippen LogP contribution in [0.25, 0.3) is 33.7 Å². The SMILES string of the molecule is CCOc1cc(-c2cccc(CC(OC)C(=O)O)c2)ccc1-c1nc2n[nH]nc2c(=O)[nH]1. The molecule has 0 saturated carbocycles. The number of H-pyrrole nitrogens is 2. The average molecular weight is 435 g/mol. The lowest BCUT2D eigenvalue weighted by Crippen LogP contribution is -2.24. The second kappa shape index (κ2) is 8.98. The molecule has 3 N–H and O–H groups in total. The van der Waals surface area contributed by atoms with Gasteiger partial charge in [-0.05, 0) is 35.7 Å². The van der Waals surface area contributed by atoms with Gasteiger partial charge in [0, 0.05) is 13.5 Å². The van der Waals surface area contributed by atoms with Crippen LogP contribution in [0.4, 0.5) is 0 Å². The van der Waals surface area contributed by atoms with Crippen LogP contribution < -0.4 is 10.3 Å². The smallest absolute Gasteiger partial charge is 0.333 e. The zero-order valence-corrected chi connectivity index (χ0v) is 17.5. The fourth-order valence-corrected chi connectivity index (χ4v) is 3.42. The molecule has 4 aromatic rings. The van der Waals surface area contributed by atoms with E-state index in [2.05, 4.69) is 25.4 Å². The molecule has 1 atom stereocenters. The third kappa shape index (κ3) is 4.21. The number of carboxylic acid groups (broad SMARTS) is 1. The molecule has 4 rings (SSSR count). The molecule has 0 spiro atoms. The van der Waals surface area contributed by atoms with Crippen molar-refractivity contribution in [3.8, 4) is 28.3 Å². The third-order valence-electron chi connectivity index (χ3n) is 4.97. The van der Waals surface area contributed by atoms with Crippen molar-refractivity contribution in [2.45, 2.75) is 19.4 Å². The summed E-state index contributed by atoms with van der Waals surface area (Å²) in [6.07, 6.45) is -0.667. The van der Waals surface area contributed by atoms with Gasteiger partial charge in [0.25, 0.3) is 5.56 Å². The van der Waals surface area contributed by atoms with Gasteiger partial charge >= 0.3 is 5.97 Å². The van der Waals surface area contributed by atoms with Gasteiger partial charge in [-0.3, -0.25) is 4.79 Å². The number of hydrogen-bond donors (Lipinski definition) is 3. The molecule has 2 heterocycles. The Hall–Kier alpha value is -4.05. The van der Waals surface area contributed by atoms with Gasteiger partial charge in [0.05, 0.1) is 12.2 Å². The van der Waals surface area contributed by atoms with Crippen molar-refractivity contribution in [1.82, 2.24) is 25.4 Å². The number of hydrogen-bond acceptors (Lipinski definition) is 7. The second-order valence-electron chi connectivity index (χ2n) is 7.02. The van der Waals surface area contributed by atoms with Gasteiger partial charge in [0.15, 0.2) is 11.6 Å². The minimum absolute atomic E-state index is 0.135. The highest BCUT2D eigenvalue weighted by Crippen LogP contribution is 2.33. The molecule has 0 aliphatic heterocycles. The quantitative estimate of drug-likeness (QED) is 0.383. The number of nitrogens with zero attached hydrogens (tertiary/aromatic N) is 3. The molecule has 10 heteroatoms. The minimum atomic E-state index is -1.01. The average Bonchev–Trinajstić information content (AvgIpc) is 3.27. The van der Waals surface area contributed by atoms with Crippen LogP contribution in [0, 0.1) is 0 Å². The largest absolute Gasteiger partial charge is 0.493 e. The Morgan fingerprint density at radius 3 is 2.72 bits per heavy atom. The van der Waals surface area contributed by atoms with E-state index in [1.807, 2.05) is 49.4 Å². The first kappa shape index (κ1) is 21.2. The van der Waals surface area contributed by atoms with Crippen LogP contribution in [0.3, 0.4) is 0 Å². The Morgan fingerprint density at radius 2 is 1.97 bits per heavy atom. The molecular weight excluding hydrogens is 414 g/mol. The maximum absolute atomic E-state index is 12.3. The first-order valence-electron chi connectivity index (χ1n) is 9.93. The van der Waals surface area contributed by atoms with Gasteiger partial charge < -0.3 is 19.6 Å². The number of rotatable bonds is 8. The number of aliphatic carboxylic acids is 1. The van der Waals surface area contributed by atoms with Crippen LogP contribution >= 0.6 is 0 Å². The van der Waals surface area contributed by atoms with Crippen molar-refractivity contribution < 1.29 is 19.4 Å². The Labute approximate surface area is 182 Å². The third-order valence-corrected chi connectivity index (χ3v) is 4.97. The fraction of sp³-hybridized carbons (Fsp3) is 0.227. The molecule has 10 nitrogen and oxygen atoms in total. The topological polar surface area (TPSA) is 143 Å².